The number of rotatable bonds is 3. The zero-order chi connectivity index (χ0) is 15.5. The van der Waals surface area contributed by atoms with E-state index in [1.807, 2.05) is 42.5 Å². The Labute approximate surface area is 128 Å². The molecule has 1 unspecified atom stereocenters. The standard InChI is InChI=1S/C18H19NOS/c1-18(2,3)16-8-10-17(11-9-16)21(20)13-15-7-5-4-6-14(15)12-19/h4-11H,13H2,1-3H3. The maximum atomic E-state index is 12.4. The lowest BCUT2D eigenvalue weighted by molar-refractivity contribution is 0.589. The van der Waals surface area contributed by atoms with Crippen LogP contribution >= 0.6 is 0 Å². The molecule has 0 N–H and O–H groups in total. The van der Waals surface area contributed by atoms with Gasteiger partial charge in [0.25, 0.3) is 0 Å². The number of nitriles is 1. The highest BCUT2D eigenvalue weighted by molar-refractivity contribution is 7.84. The summed E-state index contributed by atoms with van der Waals surface area (Å²) in [5.41, 5.74) is 2.74. The molecule has 0 fully saturated rings. The van der Waals surface area contributed by atoms with E-state index in [0.717, 1.165) is 10.5 Å². The highest BCUT2D eigenvalue weighted by Gasteiger charge is 2.14. The molecule has 0 aliphatic heterocycles. The van der Waals surface area contributed by atoms with Gasteiger partial charge in [0, 0.05) is 4.90 Å². The third-order valence-electron chi connectivity index (χ3n) is 3.41. The molecule has 108 valence electrons. The van der Waals surface area contributed by atoms with Gasteiger partial charge < -0.3 is 0 Å². The van der Waals surface area contributed by atoms with Gasteiger partial charge in [-0.3, -0.25) is 4.21 Å². The maximum Gasteiger partial charge on any atom is 0.0994 e. The fourth-order valence-electron chi connectivity index (χ4n) is 2.09. The first-order chi connectivity index (χ1) is 9.91. The molecule has 0 radical (unpaired) electrons. The fraction of sp³-hybridized carbons (Fsp3) is 0.278. The quantitative estimate of drug-likeness (QED) is 0.853. The summed E-state index contributed by atoms with van der Waals surface area (Å²) in [6, 6.07) is 17.4. The minimum absolute atomic E-state index is 0.0907. The van der Waals surface area contributed by atoms with Crippen LogP contribution < -0.4 is 0 Å². The largest absolute Gasteiger partial charge is 0.254 e. The summed E-state index contributed by atoms with van der Waals surface area (Å²) in [5.74, 6) is 0.374. The zero-order valence-corrected chi connectivity index (χ0v) is 13.4. The van der Waals surface area contributed by atoms with Crippen LogP contribution in [-0.4, -0.2) is 4.21 Å². The van der Waals surface area contributed by atoms with E-state index in [-0.39, 0.29) is 5.41 Å². The van der Waals surface area contributed by atoms with Crippen LogP contribution in [-0.2, 0) is 22.0 Å². The first kappa shape index (κ1) is 15.5. The van der Waals surface area contributed by atoms with Gasteiger partial charge in [0.2, 0.25) is 0 Å². The van der Waals surface area contributed by atoms with Crippen LogP contribution in [0, 0.1) is 11.3 Å². The molecule has 0 aliphatic carbocycles. The van der Waals surface area contributed by atoms with E-state index in [2.05, 4.69) is 26.8 Å². The Balaban J connectivity index is 2.20. The predicted molar refractivity (Wildman–Crippen MR) is 86.4 cm³/mol. The third-order valence-corrected chi connectivity index (χ3v) is 4.78. The second-order valence-corrected chi connectivity index (χ2v) is 7.48. The molecule has 0 aromatic heterocycles. The average molecular weight is 297 g/mol. The molecule has 0 bridgehead atoms. The van der Waals surface area contributed by atoms with Crippen LogP contribution in [0.25, 0.3) is 0 Å². The van der Waals surface area contributed by atoms with Crippen molar-refractivity contribution in [3.8, 4) is 6.07 Å². The van der Waals surface area contributed by atoms with E-state index >= 15 is 0 Å². The molecular formula is C18H19NOS. The Morgan fingerprint density at radius 3 is 2.24 bits per heavy atom. The highest BCUT2D eigenvalue weighted by atomic mass is 32.2. The summed E-state index contributed by atoms with van der Waals surface area (Å²) in [5, 5.41) is 9.08. The Morgan fingerprint density at radius 2 is 1.67 bits per heavy atom. The minimum Gasteiger partial charge on any atom is -0.254 e. The Morgan fingerprint density at radius 1 is 1.05 bits per heavy atom. The average Bonchev–Trinajstić information content (AvgIpc) is 2.47. The first-order valence-electron chi connectivity index (χ1n) is 6.89. The van der Waals surface area contributed by atoms with Crippen LogP contribution in [0.4, 0.5) is 0 Å². The summed E-state index contributed by atoms with van der Waals surface area (Å²) >= 11 is 0. The normalized spacial score (nSPS) is 12.7. The van der Waals surface area contributed by atoms with Crippen LogP contribution in [0.5, 0.6) is 0 Å². The summed E-state index contributed by atoms with van der Waals surface area (Å²) in [4.78, 5) is 0.802. The van der Waals surface area contributed by atoms with Gasteiger partial charge in [0.05, 0.1) is 28.2 Å². The Kier molecular flexibility index (Phi) is 4.59. The van der Waals surface area contributed by atoms with Crippen molar-refractivity contribution in [2.75, 3.05) is 0 Å². The number of hydrogen-bond acceptors (Lipinski definition) is 2. The monoisotopic (exact) mass is 297 g/mol. The van der Waals surface area contributed by atoms with Crippen molar-refractivity contribution in [3.63, 3.8) is 0 Å². The molecule has 2 aromatic carbocycles. The topological polar surface area (TPSA) is 40.9 Å². The molecular weight excluding hydrogens is 278 g/mol. The van der Waals surface area contributed by atoms with Crippen molar-refractivity contribution in [2.24, 2.45) is 0 Å². The number of hydrogen-bond donors (Lipinski definition) is 0. The van der Waals surface area contributed by atoms with E-state index < -0.39 is 10.8 Å². The smallest absolute Gasteiger partial charge is 0.0994 e. The van der Waals surface area contributed by atoms with Crippen LogP contribution in [0.3, 0.4) is 0 Å². The van der Waals surface area contributed by atoms with E-state index in [1.165, 1.54) is 5.56 Å². The van der Waals surface area contributed by atoms with Crippen molar-refractivity contribution < 1.29 is 4.21 Å². The number of benzene rings is 2. The van der Waals surface area contributed by atoms with Crippen molar-refractivity contribution in [3.05, 3.63) is 65.2 Å². The molecule has 21 heavy (non-hydrogen) atoms. The third kappa shape index (κ3) is 3.80. The van der Waals surface area contributed by atoms with E-state index in [4.69, 9.17) is 5.26 Å². The van der Waals surface area contributed by atoms with Gasteiger partial charge in [0.1, 0.15) is 0 Å². The molecule has 0 amide bonds. The van der Waals surface area contributed by atoms with Crippen LogP contribution in [0.1, 0.15) is 37.5 Å². The van der Waals surface area contributed by atoms with Gasteiger partial charge in [0.15, 0.2) is 0 Å². The van der Waals surface area contributed by atoms with E-state index in [1.54, 1.807) is 6.07 Å². The fourth-order valence-corrected chi connectivity index (χ4v) is 3.23. The molecule has 0 spiro atoms. The summed E-state index contributed by atoms with van der Waals surface area (Å²) in [7, 11) is -1.13. The van der Waals surface area contributed by atoms with Crippen molar-refractivity contribution in [1.29, 1.82) is 5.26 Å². The SMILES string of the molecule is CC(C)(C)c1ccc(S(=O)Cc2ccccc2C#N)cc1. The van der Waals surface area contributed by atoms with Gasteiger partial charge in [-0.1, -0.05) is 51.1 Å². The van der Waals surface area contributed by atoms with E-state index in [0.29, 0.717) is 11.3 Å². The van der Waals surface area contributed by atoms with Gasteiger partial charge in [-0.25, -0.2) is 0 Å². The molecule has 0 saturated heterocycles. The molecule has 2 nitrogen and oxygen atoms in total. The first-order valence-corrected chi connectivity index (χ1v) is 8.20. The molecule has 0 saturated carbocycles. The Hall–Kier alpha value is -1.92. The minimum atomic E-state index is -1.13. The lowest BCUT2D eigenvalue weighted by Gasteiger charge is -2.19. The van der Waals surface area contributed by atoms with Gasteiger partial charge in [-0.05, 0) is 34.7 Å². The van der Waals surface area contributed by atoms with Crippen molar-refractivity contribution >= 4 is 10.8 Å². The summed E-state index contributed by atoms with van der Waals surface area (Å²) < 4.78 is 12.4. The molecule has 3 heteroatoms. The lowest BCUT2D eigenvalue weighted by atomic mass is 9.87. The van der Waals surface area contributed by atoms with Gasteiger partial charge in [-0.2, -0.15) is 5.26 Å². The second-order valence-electron chi connectivity index (χ2n) is 6.03. The van der Waals surface area contributed by atoms with Crippen LogP contribution in [0.2, 0.25) is 0 Å². The molecule has 2 aromatic rings. The number of nitrogens with zero attached hydrogens (tertiary/aromatic N) is 1. The molecule has 1 atom stereocenters. The summed E-state index contributed by atoms with van der Waals surface area (Å²) in [6.45, 7) is 6.46. The Bertz CT molecular complexity index is 690. The molecule has 0 aliphatic rings. The van der Waals surface area contributed by atoms with Crippen molar-refractivity contribution in [2.45, 2.75) is 36.8 Å². The van der Waals surface area contributed by atoms with Crippen molar-refractivity contribution in [1.82, 2.24) is 0 Å². The molecule has 2 rings (SSSR count). The maximum absolute atomic E-state index is 12.4. The second kappa shape index (κ2) is 6.24. The predicted octanol–water partition coefficient (Wildman–Crippen LogP) is 4.16. The summed E-state index contributed by atoms with van der Waals surface area (Å²) in [6.07, 6.45) is 0. The van der Waals surface area contributed by atoms with Crippen LogP contribution in [0.15, 0.2) is 53.4 Å². The molecule has 0 heterocycles. The highest BCUT2D eigenvalue weighted by Crippen LogP contribution is 2.24. The lowest BCUT2D eigenvalue weighted by Crippen LogP contribution is -2.10. The van der Waals surface area contributed by atoms with E-state index in [9.17, 15) is 4.21 Å². The zero-order valence-electron chi connectivity index (χ0n) is 12.6. The van der Waals surface area contributed by atoms with Gasteiger partial charge >= 0.3 is 0 Å². The van der Waals surface area contributed by atoms with Gasteiger partial charge in [-0.15, -0.1) is 0 Å².